The zero-order valence-electron chi connectivity index (χ0n) is 29.9. The molecule has 3 aliphatic rings. The van der Waals surface area contributed by atoms with Crippen LogP contribution in [0, 0.1) is 5.92 Å². The van der Waals surface area contributed by atoms with Crippen molar-refractivity contribution in [2.75, 3.05) is 38.7 Å². The van der Waals surface area contributed by atoms with E-state index in [0.29, 0.717) is 44.4 Å². The summed E-state index contributed by atoms with van der Waals surface area (Å²) in [5.74, 6) is 1.13. The number of carbonyl (C=O) groups excluding carboxylic acids is 1. The first kappa shape index (κ1) is 39.9. The molecule has 11 nitrogen and oxygen atoms in total. The minimum atomic E-state index is -1.94. The maximum absolute atomic E-state index is 13.3. The molecule has 0 spiro atoms. The number of para-hydroxylation sites is 1. The molecule has 1 aromatic heterocycles. The number of benzene rings is 2. The number of rotatable bonds is 20. The molecule has 4 atom stereocenters. The van der Waals surface area contributed by atoms with Crippen molar-refractivity contribution in [3.63, 3.8) is 0 Å². The van der Waals surface area contributed by atoms with Gasteiger partial charge in [-0.15, -0.1) is 11.8 Å². The number of amides is 1. The quantitative estimate of drug-likeness (QED) is 0.0800. The van der Waals surface area contributed by atoms with Gasteiger partial charge in [-0.3, -0.25) is 9.78 Å². The molecule has 288 valence electrons. The smallest absolute Gasteiger partial charge is 0.254 e. The lowest BCUT2D eigenvalue weighted by molar-refractivity contribution is -0.159. The molecule has 13 heteroatoms. The first-order valence-corrected chi connectivity index (χ1v) is 20.0. The molecule has 3 fully saturated rings. The highest BCUT2D eigenvalue weighted by Gasteiger charge is 2.48. The van der Waals surface area contributed by atoms with Crippen molar-refractivity contribution in [1.29, 1.82) is 0 Å². The van der Waals surface area contributed by atoms with Gasteiger partial charge >= 0.3 is 0 Å². The number of aliphatic hydroxyl groups excluding tert-OH is 5. The second-order valence-corrected chi connectivity index (χ2v) is 15.9. The van der Waals surface area contributed by atoms with Crippen LogP contribution in [0.2, 0.25) is 5.02 Å². The summed E-state index contributed by atoms with van der Waals surface area (Å²) >= 11 is 8.36. The van der Waals surface area contributed by atoms with Crippen LogP contribution in [0.25, 0.3) is 11.1 Å². The number of ether oxygens (including phenoxy) is 3. The Morgan fingerprint density at radius 2 is 1.77 bits per heavy atom. The number of carbonyl (C=O) groups is 1. The Morgan fingerprint density at radius 1 is 1.00 bits per heavy atom. The highest BCUT2D eigenvalue weighted by Crippen LogP contribution is 2.53. The summed E-state index contributed by atoms with van der Waals surface area (Å²) in [6.45, 7) is 1.47. The van der Waals surface area contributed by atoms with Crippen molar-refractivity contribution < 1.29 is 44.5 Å². The number of thioether (sulfide) groups is 1. The molecule has 0 unspecified atom stereocenters. The van der Waals surface area contributed by atoms with Gasteiger partial charge in [0, 0.05) is 59.7 Å². The molecule has 0 bridgehead atoms. The zero-order valence-corrected chi connectivity index (χ0v) is 31.5. The van der Waals surface area contributed by atoms with Gasteiger partial charge in [-0.25, -0.2) is 0 Å². The molecule has 1 saturated heterocycles. The van der Waals surface area contributed by atoms with Gasteiger partial charge in [0.1, 0.15) is 24.1 Å². The van der Waals surface area contributed by atoms with E-state index in [9.17, 15) is 25.2 Å². The second kappa shape index (κ2) is 18.7. The summed E-state index contributed by atoms with van der Waals surface area (Å²) in [6, 6.07) is 16.2. The van der Waals surface area contributed by atoms with Crippen molar-refractivity contribution in [2.24, 2.45) is 5.92 Å². The molecule has 1 aliphatic heterocycles. The number of halogens is 1. The van der Waals surface area contributed by atoms with E-state index in [1.807, 2.05) is 48.8 Å². The Morgan fingerprint density at radius 3 is 2.51 bits per heavy atom. The number of pyridine rings is 1. The Labute approximate surface area is 320 Å². The molecular formula is C40H51ClN2O9S. The van der Waals surface area contributed by atoms with Gasteiger partial charge < -0.3 is 44.6 Å². The van der Waals surface area contributed by atoms with Crippen molar-refractivity contribution in [3.8, 4) is 16.9 Å². The lowest BCUT2D eigenvalue weighted by Gasteiger charge is -2.33. The van der Waals surface area contributed by atoms with Gasteiger partial charge in [0.15, 0.2) is 6.10 Å². The van der Waals surface area contributed by atoms with Crippen molar-refractivity contribution >= 4 is 29.3 Å². The molecule has 1 amide bonds. The van der Waals surface area contributed by atoms with E-state index in [-0.39, 0.29) is 12.0 Å². The summed E-state index contributed by atoms with van der Waals surface area (Å²) in [5.41, 5.74) is 3.63. The van der Waals surface area contributed by atoms with Crippen LogP contribution < -0.4 is 4.74 Å². The first-order valence-electron chi connectivity index (χ1n) is 18.6. The van der Waals surface area contributed by atoms with E-state index < -0.39 is 42.5 Å². The lowest BCUT2D eigenvalue weighted by Crippen LogP contribution is -2.53. The van der Waals surface area contributed by atoms with Crippen LogP contribution in [-0.4, -0.2) is 111 Å². The maximum atomic E-state index is 13.3. The van der Waals surface area contributed by atoms with E-state index >= 15 is 0 Å². The summed E-state index contributed by atoms with van der Waals surface area (Å²) in [7, 11) is 0. The fourth-order valence-corrected chi connectivity index (χ4v) is 7.85. The molecule has 53 heavy (non-hydrogen) atoms. The molecule has 3 aromatic rings. The fourth-order valence-electron chi connectivity index (χ4n) is 6.70. The van der Waals surface area contributed by atoms with Crippen LogP contribution >= 0.6 is 23.4 Å². The highest BCUT2D eigenvalue weighted by atomic mass is 35.5. The van der Waals surface area contributed by atoms with Crippen molar-refractivity contribution in [1.82, 2.24) is 9.88 Å². The van der Waals surface area contributed by atoms with E-state index in [0.717, 1.165) is 83.6 Å². The number of nitrogens with zero attached hydrogens (tertiary/aromatic N) is 2. The third kappa shape index (κ3) is 10.5. The third-order valence-corrected chi connectivity index (χ3v) is 11.7. The number of aromatic nitrogens is 1. The summed E-state index contributed by atoms with van der Waals surface area (Å²) in [6.07, 6.45) is 3.52. The highest BCUT2D eigenvalue weighted by molar-refractivity contribution is 7.99. The van der Waals surface area contributed by atoms with Crippen molar-refractivity contribution in [3.05, 3.63) is 77.1 Å². The molecule has 2 aromatic carbocycles. The van der Waals surface area contributed by atoms with Crippen LogP contribution in [0.3, 0.4) is 0 Å². The number of aliphatic hydroxyl groups is 5. The summed E-state index contributed by atoms with van der Waals surface area (Å²) < 4.78 is 18.4. The molecular weight excluding hydrogens is 720 g/mol. The van der Waals surface area contributed by atoms with Gasteiger partial charge in [-0.05, 0) is 104 Å². The van der Waals surface area contributed by atoms with Crippen LogP contribution in [0.4, 0.5) is 0 Å². The Balaban J connectivity index is 1.03. The average Bonchev–Trinajstić information content (AvgIpc) is 4.14. The molecule has 2 saturated carbocycles. The zero-order chi connectivity index (χ0) is 37.4. The van der Waals surface area contributed by atoms with Crippen LogP contribution in [0.5, 0.6) is 5.75 Å². The predicted molar refractivity (Wildman–Crippen MR) is 202 cm³/mol. The predicted octanol–water partition coefficient (Wildman–Crippen LogP) is 4.71. The SMILES string of the molecule is O=C([C@@H](O)[C@@H](O)[C@H](O)[C@@H](O)CO)N(CCCCSc1ccc(Cl)c(COC2(c3cnccc3-c3ccccc3OC3CC3)CC2)c1)CC1CCOCC1. The van der Waals surface area contributed by atoms with E-state index in [1.165, 1.54) is 4.90 Å². The van der Waals surface area contributed by atoms with E-state index in [2.05, 4.69) is 17.1 Å². The number of hydrogen-bond acceptors (Lipinski definition) is 11. The van der Waals surface area contributed by atoms with Crippen LogP contribution in [0.1, 0.15) is 62.5 Å². The van der Waals surface area contributed by atoms with Crippen molar-refractivity contribution in [2.45, 2.75) is 99.0 Å². The minimum absolute atomic E-state index is 0.186. The number of hydrogen-bond donors (Lipinski definition) is 5. The molecule has 2 heterocycles. The third-order valence-electron chi connectivity index (χ3n) is 10.3. The van der Waals surface area contributed by atoms with Crippen LogP contribution in [0.15, 0.2) is 65.8 Å². The van der Waals surface area contributed by atoms with Gasteiger partial charge in [0.05, 0.1) is 24.9 Å². The molecule has 2 aliphatic carbocycles. The summed E-state index contributed by atoms with van der Waals surface area (Å²) in [5, 5.41) is 50.5. The largest absolute Gasteiger partial charge is 0.490 e. The normalized spacial score (nSPS) is 19.3. The second-order valence-electron chi connectivity index (χ2n) is 14.3. The Bertz CT molecular complexity index is 1650. The topological polar surface area (TPSA) is 162 Å². The maximum Gasteiger partial charge on any atom is 0.254 e. The average molecular weight is 771 g/mol. The minimum Gasteiger partial charge on any atom is -0.490 e. The lowest BCUT2D eigenvalue weighted by atomic mass is 9.96. The van der Waals surface area contributed by atoms with Gasteiger partial charge in [0.2, 0.25) is 0 Å². The summed E-state index contributed by atoms with van der Waals surface area (Å²) in [4.78, 5) is 20.3. The number of unbranched alkanes of at least 4 members (excludes halogenated alkanes) is 1. The Hall–Kier alpha value is -2.78. The van der Waals surface area contributed by atoms with Gasteiger partial charge in [-0.2, -0.15) is 0 Å². The van der Waals surface area contributed by atoms with E-state index in [4.69, 9.17) is 30.9 Å². The van der Waals surface area contributed by atoms with E-state index in [1.54, 1.807) is 11.8 Å². The molecule has 5 N–H and O–H groups in total. The Kier molecular flexibility index (Phi) is 14.1. The van der Waals surface area contributed by atoms with Gasteiger partial charge in [0.25, 0.3) is 5.91 Å². The van der Waals surface area contributed by atoms with Gasteiger partial charge in [-0.1, -0.05) is 29.8 Å². The monoisotopic (exact) mass is 770 g/mol. The first-order chi connectivity index (χ1) is 25.7. The van der Waals surface area contributed by atoms with Crippen LogP contribution in [-0.2, 0) is 26.5 Å². The molecule has 6 rings (SSSR count). The molecule has 0 radical (unpaired) electrons. The fraction of sp³-hybridized carbons (Fsp3) is 0.550. The standard InChI is InChI=1S/C40H51ClN2O9S/c41-33-10-9-29(53-20-4-3-17-43(23-26-12-18-50-19-13-26)39(49)38(48)37(47)36(46)34(45)24-44)21-27(33)25-51-40(14-15-40)32-22-42-16-11-30(32)31-5-1-2-6-35(31)52-28-7-8-28/h1-2,5-6,9-11,16,21-22,26,28,34,36-38,44-48H,3-4,7-8,12-15,17-20,23-25H2/t34-,36+,37-,38-/m0/s1.